The van der Waals surface area contributed by atoms with Crippen LogP contribution in [-0.4, -0.2) is 62.6 Å². The van der Waals surface area contributed by atoms with Crippen molar-refractivity contribution in [3.63, 3.8) is 0 Å². The summed E-state index contributed by atoms with van der Waals surface area (Å²) in [6.07, 6.45) is 1.89. The summed E-state index contributed by atoms with van der Waals surface area (Å²) < 4.78 is 10.8. The molecule has 0 radical (unpaired) electrons. The third kappa shape index (κ3) is 3.18. The zero-order valence-corrected chi connectivity index (χ0v) is 19.8. The Labute approximate surface area is 188 Å². The minimum absolute atomic E-state index is 0.125. The number of esters is 2. The second kappa shape index (κ2) is 7.50. The second-order valence-corrected chi connectivity index (χ2v) is 10.4. The van der Waals surface area contributed by atoms with E-state index >= 15 is 0 Å². The molecule has 7 atom stereocenters. The van der Waals surface area contributed by atoms with Crippen LogP contribution in [0, 0.1) is 23.2 Å². The van der Waals surface area contributed by atoms with E-state index in [1.54, 1.807) is 46.8 Å². The molecular weight excluding hydrogens is 416 g/mol. The van der Waals surface area contributed by atoms with Crippen molar-refractivity contribution < 1.29 is 39.2 Å². The van der Waals surface area contributed by atoms with Gasteiger partial charge in [-0.2, -0.15) is 0 Å². The zero-order valence-electron chi connectivity index (χ0n) is 19.8. The van der Waals surface area contributed by atoms with Crippen molar-refractivity contribution in [1.29, 1.82) is 0 Å². The maximum Gasteiger partial charge on any atom is 0.303 e. The zero-order chi connectivity index (χ0) is 24.4. The van der Waals surface area contributed by atoms with Crippen molar-refractivity contribution in [3.8, 4) is 0 Å². The van der Waals surface area contributed by atoms with Crippen LogP contribution in [0.2, 0.25) is 0 Å². The van der Waals surface area contributed by atoms with Gasteiger partial charge in [0.15, 0.2) is 5.78 Å². The van der Waals surface area contributed by atoms with Crippen molar-refractivity contribution >= 4 is 17.7 Å². The normalized spacial score (nSPS) is 42.8. The van der Waals surface area contributed by atoms with Gasteiger partial charge in [0.05, 0.1) is 11.7 Å². The van der Waals surface area contributed by atoms with Gasteiger partial charge in [-0.1, -0.05) is 32.9 Å². The topological polar surface area (TPSA) is 130 Å². The van der Waals surface area contributed by atoms with Crippen LogP contribution in [0.5, 0.6) is 0 Å². The van der Waals surface area contributed by atoms with Gasteiger partial charge in [0.2, 0.25) is 0 Å². The summed E-state index contributed by atoms with van der Waals surface area (Å²) in [4.78, 5) is 36.5. The molecule has 8 heteroatoms. The van der Waals surface area contributed by atoms with Gasteiger partial charge < -0.3 is 24.8 Å². The van der Waals surface area contributed by atoms with E-state index < -0.39 is 63.8 Å². The maximum atomic E-state index is 13.0. The highest BCUT2D eigenvalue weighted by Crippen LogP contribution is 2.63. The average Bonchev–Trinajstić information content (AvgIpc) is 2.84. The molecule has 178 valence electrons. The number of hydrogen-bond acceptors (Lipinski definition) is 8. The van der Waals surface area contributed by atoms with Gasteiger partial charge in [-0.05, 0) is 25.0 Å². The van der Waals surface area contributed by atoms with E-state index in [4.69, 9.17) is 9.47 Å². The summed E-state index contributed by atoms with van der Waals surface area (Å²) in [6.45, 7) is 10.8. The Morgan fingerprint density at radius 2 is 1.69 bits per heavy atom. The first-order chi connectivity index (χ1) is 14.5. The number of ether oxygens (including phenoxy) is 2. The standard InChI is InChI=1S/C24H34O8/c1-12-8-18-23(29,19(12)27)10-16(11-31-14(3)25)9-17-21(5,6)22(7,32-15(4)26)20(28)13(2)24(17,18)30/h8-9,13,17-18,20,28-30H,10-11H2,1-7H3/t13-,17+,18?,20-,22-,23-,24-/m1/s1. The van der Waals surface area contributed by atoms with Crippen LogP contribution in [0.4, 0.5) is 0 Å². The fourth-order valence-corrected chi connectivity index (χ4v) is 6.18. The molecule has 32 heavy (non-hydrogen) atoms. The third-order valence-corrected chi connectivity index (χ3v) is 8.22. The van der Waals surface area contributed by atoms with E-state index in [-0.39, 0.29) is 13.0 Å². The van der Waals surface area contributed by atoms with E-state index in [2.05, 4.69) is 0 Å². The molecule has 3 aliphatic rings. The molecule has 3 rings (SSSR count). The Morgan fingerprint density at radius 1 is 1.09 bits per heavy atom. The van der Waals surface area contributed by atoms with Gasteiger partial charge in [-0.15, -0.1) is 0 Å². The summed E-state index contributed by atoms with van der Waals surface area (Å²) in [7, 11) is 0. The maximum absolute atomic E-state index is 13.0. The molecule has 0 aromatic carbocycles. The molecule has 0 saturated heterocycles. The van der Waals surface area contributed by atoms with E-state index in [0.29, 0.717) is 11.1 Å². The highest BCUT2D eigenvalue weighted by Gasteiger charge is 2.72. The van der Waals surface area contributed by atoms with Gasteiger partial charge in [0.1, 0.15) is 17.8 Å². The molecular formula is C24H34O8. The quantitative estimate of drug-likeness (QED) is 0.435. The molecule has 8 nitrogen and oxygen atoms in total. The summed E-state index contributed by atoms with van der Waals surface area (Å²) >= 11 is 0. The van der Waals surface area contributed by atoms with Crippen molar-refractivity contribution in [2.24, 2.45) is 23.2 Å². The smallest absolute Gasteiger partial charge is 0.303 e. The molecule has 3 aliphatic carbocycles. The van der Waals surface area contributed by atoms with Crippen LogP contribution in [0.25, 0.3) is 0 Å². The van der Waals surface area contributed by atoms with E-state index in [1.807, 2.05) is 0 Å². The number of aliphatic hydroxyl groups excluding tert-OH is 1. The molecule has 1 saturated carbocycles. The summed E-state index contributed by atoms with van der Waals surface area (Å²) in [6, 6.07) is 0. The van der Waals surface area contributed by atoms with Crippen LogP contribution in [0.15, 0.2) is 23.3 Å². The first-order valence-corrected chi connectivity index (χ1v) is 10.9. The Kier molecular flexibility index (Phi) is 5.77. The van der Waals surface area contributed by atoms with Gasteiger partial charge in [-0.25, -0.2) is 0 Å². The van der Waals surface area contributed by atoms with Crippen LogP contribution in [-0.2, 0) is 23.9 Å². The van der Waals surface area contributed by atoms with Gasteiger partial charge in [0, 0.05) is 43.4 Å². The lowest BCUT2D eigenvalue weighted by Crippen LogP contribution is -2.74. The fraction of sp³-hybridized carbons (Fsp3) is 0.708. The van der Waals surface area contributed by atoms with Gasteiger partial charge >= 0.3 is 11.9 Å². The van der Waals surface area contributed by atoms with E-state index in [0.717, 1.165) is 0 Å². The number of Topliss-reactive ketones (excluding diaryl/α,β-unsaturated/α-hetero) is 1. The second-order valence-electron chi connectivity index (χ2n) is 10.4. The van der Waals surface area contributed by atoms with E-state index in [9.17, 15) is 29.7 Å². The Bertz CT molecular complexity index is 917. The fourth-order valence-electron chi connectivity index (χ4n) is 6.18. The molecule has 0 aromatic heterocycles. The largest absolute Gasteiger partial charge is 0.461 e. The minimum atomic E-state index is -1.95. The monoisotopic (exact) mass is 450 g/mol. The molecule has 0 aliphatic heterocycles. The van der Waals surface area contributed by atoms with Crippen LogP contribution < -0.4 is 0 Å². The number of carbonyl (C=O) groups is 3. The number of carbonyl (C=O) groups excluding carboxylic acids is 3. The van der Waals surface area contributed by atoms with Crippen LogP contribution >= 0.6 is 0 Å². The molecule has 1 fully saturated rings. The van der Waals surface area contributed by atoms with Crippen molar-refractivity contribution in [3.05, 3.63) is 23.3 Å². The number of rotatable bonds is 3. The summed E-state index contributed by atoms with van der Waals surface area (Å²) in [5.41, 5.74) is -5.29. The number of fused-ring (bicyclic) bond motifs is 3. The minimum Gasteiger partial charge on any atom is -0.461 e. The lowest BCUT2D eigenvalue weighted by Gasteiger charge is -2.63. The van der Waals surface area contributed by atoms with Crippen LogP contribution in [0.1, 0.15) is 54.9 Å². The first kappa shape index (κ1) is 24.6. The molecule has 0 spiro atoms. The molecule has 1 unspecified atom stereocenters. The first-order valence-electron chi connectivity index (χ1n) is 10.9. The Morgan fingerprint density at radius 3 is 2.22 bits per heavy atom. The van der Waals surface area contributed by atoms with Crippen LogP contribution in [0.3, 0.4) is 0 Å². The predicted molar refractivity (Wildman–Crippen MR) is 114 cm³/mol. The van der Waals surface area contributed by atoms with Crippen molar-refractivity contribution in [2.75, 3.05) is 6.61 Å². The third-order valence-electron chi connectivity index (χ3n) is 8.22. The number of hydrogen-bond donors (Lipinski definition) is 3. The SMILES string of the molecule is CC(=O)OCC1=C[C@H]2C(C)(C)[C@](C)(OC(C)=O)[C@H](O)[C@@H](C)[C@]2(O)C2C=C(C)C(=O)[C@@]2(O)C1. The lowest BCUT2D eigenvalue weighted by molar-refractivity contribution is -0.285. The van der Waals surface area contributed by atoms with Gasteiger partial charge in [-0.3, -0.25) is 14.4 Å². The van der Waals surface area contributed by atoms with Crippen molar-refractivity contribution in [2.45, 2.75) is 77.8 Å². The number of ketones is 1. The molecule has 0 heterocycles. The molecule has 3 N–H and O–H groups in total. The lowest BCUT2D eigenvalue weighted by atomic mass is 9.47. The molecule has 0 aromatic rings. The molecule has 0 bridgehead atoms. The number of aliphatic hydroxyl groups is 3. The molecule has 0 amide bonds. The van der Waals surface area contributed by atoms with Crippen molar-refractivity contribution in [1.82, 2.24) is 0 Å². The Balaban J connectivity index is 2.27. The average molecular weight is 451 g/mol. The highest BCUT2D eigenvalue weighted by atomic mass is 16.6. The highest BCUT2D eigenvalue weighted by molar-refractivity contribution is 6.04. The predicted octanol–water partition coefficient (Wildman–Crippen LogP) is 1.46. The summed E-state index contributed by atoms with van der Waals surface area (Å²) in [5.74, 6) is -4.23. The van der Waals surface area contributed by atoms with Gasteiger partial charge in [0.25, 0.3) is 0 Å². The van der Waals surface area contributed by atoms with E-state index in [1.165, 1.54) is 13.8 Å². The Hall–Kier alpha value is -2.03. The summed E-state index contributed by atoms with van der Waals surface area (Å²) in [5, 5.41) is 35.2.